The summed E-state index contributed by atoms with van der Waals surface area (Å²) in [6, 6.07) is 0. The Kier molecular flexibility index (Phi) is 20.9. The lowest BCUT2D eigenvalue weighted by atomic mass is 9.91. The van der Waals surface area contributed by atoms with Gasteiger partial charge in [0.1, 0.15) is 159 Å². The van der Waals surface area contributed by atoms with Gasteiger partial charge in [-0.1, -0.05) is 6.92 Å². The van der Waals surface area contributed by atoms with Crippen LogP contribution in [-0.2, 0) is 66.3 Å². The van der Waals surface area contributed by atoms with Gasteiger partial charge in [0.15, 0.2) is 44.0 Å². The Morgan fingerprint density at radius 3 is 0.506 bits per heavy atom. The van der Waals surface area contributed by atoms with Gasteiger partial charge in [0.2, 0.25) is 0 Å². The average Bonchev–Trinajstić information content (AvgIpc) is 3.42. The third kappa shape index (κ3) is 12.1. The van der Waals surface area contributed by atoms with Gasteiger partial charge in [-0.3, -0.25) is 0 Å². The smallest absolute Gasteiger partial charge is 0.187 e. The van der Waals surface area contributed by atoms with E-state index in [9.17, 15) is 102 Å². The van der Waals surface area contributed by atoms with Gasteiger partial charge in [-0.2, -0.15) is 0 Å². The van der Waals surface area contributed by atoms with Crippen LogP contribution < -0.4 is 0 Å². The Morgan fingerprint density at radius 2 is 0.338 bits per heavy atom. The molecule has 15 heterocycles. The van der Waals surface area contributed by atoms with E-state index in [1.165, 1.54) is 6.92 Å². The van der Waals surface area contributed by atoms with Gasteiger partial charge in [-0.05, 0) is 0 Å². The molecule has 35 atom stereocenters. The number of aliphatic hydroxyl groups excluding tert-OH is 20. The molecule has 0 aromatic rings. The topological polar surface area (TPSA) is 534 Å². The van der Waals surface area contributed by atoms with Crippen LogP contribution >= 0.6 is 0 Å². The first-order valence-electron chi connectivity index (χ1n) is 24.9. The molecule has 0 saturated carbocycles. The predicted molar refractivity (Wildman–Crippen MR) is 232 cm³/mol. The third-order valence-corrected chi connectivity index (χ3v) is 15.1. The lowest BCUT2D eigenvalue weighted by Gasteiger charge is -2.50. The quantitative estimate of drug-likeness (QED) is 0.113. The molecule has 0 aliphatic carbocycles. The molecule has 14 bridgehead atoms. The van der Waals surface area contributed by atoms with Crippen LogP contribution in [0.15, 0.2) is 0 Å². The average molecular weight is 1130 g/mol. The normalized spacial score (nSPS) is 55.4. The summed E-state index contributed by atoms with van der Waals surface area (Å²) in [5.74, 6) is -1.21. The zero-order valence-corrected chi connectivity index (χ0v) is 40.8. The number of ether oxygens (including phenoxy) is 14. The largest absolute Gasteiger partial charge is 0.394 e. The molecule has 0 radical (unpaired) electrons. The molecule has 0 spiro atoms. The molecule has 77 heavy (non-hydrogen) atoms. The SMILES string of the molecule is C[C@H]1[C@H]2O[C@H]3[C@H](O)[C@@H](O)[C@@H](O[C@H]4[C@H](O)[C@@H](O)[C@@H](O[C@H]5[C@H](O)[C@@H](O)[C@@H](O[C@H]6[C@H](O)[C@@H](O)[C@@H](O[C@H]7[C@H](O)[C@@H](O)[C@@H](O[C@H]8[C@H](O)[C@@H](O)[C@@H](O[C@@H]([C@@H]1O)[C@@H](CO)O2)O[C@@H]8CO)O[C@@H]7CO)O[C@@H]6CO)O[C@@H]5CO)O[C@@H]4CO)O[C@@H]3CO. The maximum Gasteiger partial charge on any atom is 0.187 e. The maximum absolute atomic E-state index is 11.6. The first-order valence-corrected chi connectivity index (χ1v) is 24.9. The van der Waals surface area contributed by atoms with Crippen molar-refractivity contribution in [2.24, 2.45) is 5.92 Å². The molecule has 0 unspecified atom stereocenters. The van der Waals surface area contributed by atoms with Crippen LogP contribution in [0.3, 0.4) is 0 Å². The number of hydrogen-bond acceptors (Lipinski definition) is 34. The Hall–Kier alpha value is -1.36. The van der Waals surface area contributed by atoms with Crippen molar-refractivity contribution >= 4 is 0 Å². The number of fused-ring (bicyclic) bond motifs is 7. The van der Waals surface area contributed by atoms with Gasteiger partial charge in [-0.25, -0.2) is 0 Å². The van der Waals surface area contributed by atoms with Crippen LogP contribution in [0.4, 0.5) is 0 Å². The van der Waals surface area contributed by atoms with Crippen molar-refractivity contribution in [3.8, 4) is 0 Å². The highest BCUT2D eigenvalue weighted by atomic mass is 16.8. The Bertz CT molecular complexity index is 1470. The summed E-state index contributed by atoms with van der Waals surface area (Å²) in [6.07, 6.45) is -65.4. The van der Waals surface area contributed by atoms with E-state index in [4.69, 9.17) is 66.3 Å². The van der Waals surface area contributed by atoms with Gasteiger partial charge in [0.05, 0.1) is 52.4 Å². The van der Waals surface area contributed by atoms with Crippen molar-refractivity contribution in [3.05, 3.63) is 0 Å². The minimum atomic E-state index is -2.19. The van der Waals surface area contributed by atoms with Crippen LogP contribution in [-0.4, -0.2) is 357 Å². The second-order valence-electron chi connectivity index (χ2n) is 20.0. The van der Waals surface area contributed by atoms with Crippen molar-refractivity contribution < 1.29 is 168 Å². The van der Waals surface area contributed by atoms with Crippen LogP contribution in [0, 0.1) is 5.92 Å². The molecule has 15 rings (SSSR count). The zero-order chi connectivity index (χ0) is 56.1. The highest BCUT2D eigenvalue weighted by Crippen LogP contribution is 2.39. The van der Waals surface area contributed by atoms with Crippen LogP contribution in [0.25, 0.3) is 0 Å². The maximum atomic E-state index is 11.6. The fraction of sp³-hybridized carbons (Fsp3) is 1.00. The molecule has 15 saturated heterocycles. The van der Waals surface area contributed by atoms with E-state index in [-0.39, 0.29) is 0 Å². The fourth-order valence-electron chi connectivity index (χ4n) is 10.6. The molecule has 0 amide bonds. The summed E-state index contributed by atoms with van der Waals surface area (Å²) < 4.78 is 80.5. The molecule has 20 N–H and O–H groups in total. The Labute approximate surface area is 435 Å². The predicted octanol–water partition coefficient (Wildman–Crippen LogP) is -14.0. The summed E-state index contributed by atoms with van der Waals surface area (Å²) in [5, 5.41) is 220. The second kappa shape index (κ2) is 26.1. The number of aliphatic hydroxyl groups is 20. The van der Waals surface area contributed by atoms with Crippen LogP contribution in [0.2, 0.25) is 0 Å². The standard InChI is InChI=1S/C43H72O34/c1-9-17(51)30-10(2-44)64-37(9)71-31-11(3-45)65-39(24(58)18(31)52)73-33-13(5-47)67-41(26(60)20(33)54)75-35-15(7-49)69-43(28(62)22(35)56)77-36-16(8-50)70-42(29(63)23(36)57)76-34-14(6-48)68-40(27(61)21(34)55)74-32-12(4-46)66-38(72-30)25(59)19(32)53/h9-63H,2-8H2,1H3/t9-,10-,11-,12-,13-,14-,15-,16-,17-,18-,19-,20-,21-,22-,23-,24-,25-,26-,27-,28-,29-,30-,31-,32-,33-,34-,35-,36-,37-,38-,39-,40-,41-,42-,43-/m1/s1. The van der Waals surface area contributed by atoms with Gasteiger partial charge < -0.3 is 168 Å². The van der Waals surface area contributed by atoms with E-state index < -0.39 is 261 Å². The van der Waals surface area contributed by atoms with E-state index >= 15 is 0 Å². The molecule has 0 aromatic carbocycles. The molecular formula is C43H72O34. The summed E-state index contributed by atoms with van der Waals surface area (Å²) in [6.45, 7) is -5.66. The molecule has 15 fully saturated rings. The highest BCUT2D eigenvalue weighted by Gasteiger charge is 2.59. The van der Waals surface area contributed by atoms with Crippen molar-refractivity contribution in [2.45, 2.75) is 216 Å². The van der Waals surface area contributed by atoms with E-state index in [0.717, 1.165) is 0 Å². The summed E-state index contributed by atoms with van der Waals surface area (Å²) >= 11 is 0. The first kappa shape index (κ1) is 61.7. The van der Waals surface area contributed by atoms with Crippen molar-refractivity contribution in [2.75, 3.05) is 46.2 Å². The minimum absolute atomic E-state index is 0.936. The molecule has 448 valence electrons. The van der Waals surface area contributed by atoms with E-state index in [1.807, 2.05) is 0 Å². The second-order valence-corrected chi connectivity index (χ2v) is 20.0. The summed E-state index contributed by atoms with van der Waals surface area (Å²) in [7, 11) is 0. The van der Waals surface area contributed by atoms with Crippen LogP contribution in [0.5, 0.6) is 0 Å². The lowest BCUT2D eigenvalue weighted by molar-refractivity contribution is -0.396. The Balaban J connectivity index is 1.08. The third-order valence-electron chi connectivity index (χ3n) is 15.1. The van der Waals surface area contributed by atoms with Crippen LogP contribution in [0.1, 0.15) is 6.92 Å². The van der Waals surface area contributed by atoms with E-state index in [0.29, 0.717) is 0 Å². The highest BCUT2D eigenvalue weighted by molar-refractivity contribution is 5.01. The number of hydrogen-bond donors (Lipinski definition) is 20. The monoisotopic (exact) mass is 1130 g/mol. The van der Waals surface area contributed by atoms with E-state index in [1.54, 1.807) is 0 Å². The van der Waals surface area contributed by atoms with E-state index in [2.05, 4.69) is 0 Å². The van der Waals surface area contributed by atoms with Crippen molar-refractivity contribution in [1.82, 2.24) is 0 Å². The molecule has 34 nitrogen and oxygen atoms in total. The molecule has 34 heteroatoms. The molecule has 0 aromatic heterocycles. The Morgan fingerprint density at radius 1 is 0.195 bits per heavy atom. The van der Waals surface area contributed by atoms with Gasteiger partial charge >= 0.3 is 0 Å². The van der Waals surface area contributed by atoms with Crippen molar-refractivity contribution in [1.29, 1.82) is 0 Å². The molecule has 15 aliphatic heterocycles. The minimum Gasteiger partial charge on any atom is -0.394 e. The molecule has 15 aliphatic rings. The summed E-state index contributed by atoms with van der Waals surface area (Å²) in [4.78, 5) is 0. The zero-order valence-electron chi connectivity index (χ0n) is 40.8. The van der Waals surface area contributed by atoms with Gasteiger partial charge in [0, 0.05) is 5.92 Å². The summed E-state index contributed by atoms with van der Waals surface area (Å²) in [5.41, 5.74) is 0. The van der Waals surface area contributed by atoms with Gasteiger partial charge in [0.25, 0.3) is 0 Å². The number of rotatable bonds is 7. The first-order chi connectivity index (χ1) is 36.7. The van der Waals surface area contributed by atoms with Gasteiger partial charge in [-0.15, -0.1) is 0 Å². The van der Waals surface area contributed by atoms with Crippen molar-refractivity contribution in [3.63, 3.8) is 0 Å². The molecular weight excluding hydrogens is 1060 g/mol. The lowest BCUT2D eigenvalue weighted by Crippen LogP contribution is -2.68. The fourth-order valence-corrected chi connectivity index (χ4v) is 10.6.